The van der Waals surface area contributed by atoms with E-state index in [1.165, 1.54) is 12.0 Å². The summed E-state index contributed by atoms with van der Waals surface area (Å²) < 4.78 is 5.85. The Morgan fingerprint density at radius 1 is 0.667 bits per heavy atom. The Balaban J connectivity index is 2.05. The average Bonchev–Trinajstić information content (AvgIpc) is 2.89. The minimum atomic E-state index is -0.162. The van der Waals surface area contributed by atoms with Gasteiger partial charge in [-0.15, -0.1) is 0 Å². The van der Waals surface area contributed by atoms with E-state index in [9.17, 15) is 4.79 Å². The number of rotatable bonds is 2. The first kappa shape index (κ1) is 14.9. The first-order valence-electron chi connectivity index (χ1n) is 8.64. The number of hydrogen-bond acceptors (Lipinski definition) is 2. The van der Waals surface area contributed by atoms with Crippen LogP contribution in [0.5, 0.6) is 0 Å². The second-order valence-electron chi connectivity index (χ2n) is 6.34. The van der Waals surface area contributed by atoms with E-state index in [1.807, 2.05) is 48.5 Å². The van der Waals surface area contributed by atoms with Crippen molar-refractivity contribution < 1.29 is 4.42 Å². The molecular weight excluding hydrogens is 296 g/mol. The molecule has 2 heteroatoms. The Kier molecular flexibility index (Phi) is 4.04. The number of benzene rings is 2. The van der Waals surface area contributed by atoms with Crippen LogP contribution < -0.4 is 5.63 Å². The molecule has 0 bridgehead atoms. The lowest BCUT2D eigenvalue weighted by Crippen LogP contribution is -2.13. The molecule has 2 nitrogen and oxygen atoms in total. The van der Waals surface area contributed by atoms with Crippen LogP contribution in [0.1, 0.15) is 30.4 Å². The summed E-state index contributed by atoms with van der Waals surface area (Å²) in [5.41, 5.74) is 5.09. The van der Waals surface area contributed by atoms with Crippen LogP contribution in [0.2, 0.25) is 0 Å². The molecule has 0 radical (unpaired) electrons. The molecule has 24 heavy (non-hydrogen) atoms. The monoisotopic (exact) mass is 316 g/mol. The highest BCUT2D eigenvalue weighted by atomic mass is 16.4. The molecule has 1 aromatic heterocycles. The molecule has 4 rings (SSSR count). The molecule has 0 saturated carbocycles. The zero-order chi connectivity index (χ0) is 16.4. The second kappa shape index (κ2) is 6.48. The van der Waals surface area contributed by atoms with E-state index in [0.29, 0.717) is 5.76 Å². The van der Waals surface area contributed by atoms with Crippen molar-refractivity contribution in [2.24, 2.45) is 0 Å². The zero-order valence-electron chi connectivity index (χ0n) is 13.6. The first-order valence-corrected chi connectivity index (χ1v) is 8.64. The summed E-state index contributed by atoms with van der Waals surface area (Å²) in [4.78, 5) is 12.6. The molecule has 0 atom stereocenters. The third-order valence-corrected chi connectivity index (χ3v) is 4.79. The van der Waals surface area contributed by atoms with Crippen LogP contribution in [0.3, 0.4) is 0 Å². The van der Waals surface area contributed by atoms with Crippen LogP contribution in [-0.4, -0.2) is 0 Å². The lowest BCUT2D eigenvalue weighted by Gasteiger charge is -2.16. The van der Waals surface area contributed by atoms with Crippen LogP contribution in [0.25, 0.3) is 22.5 Å². The molecule has 0 saturated heterocycles. The maximum Gasteiger partial charge on any atom is 0.339 e. The number of fused-ring (bicyclic) bond motifs is 1. The normalized spacial score (nSPS) is 14.0. The van der Waals surface area contributed by atoms with Crippen LogP contribution in [0, 0.1) is 0 Å². The van der Waals surface area contributed by atoms with Crippen LogP contribution in [0.4, 0.5) is 0 Å². The topological polar surface area (TPSA) is 30.2 Å². The van der Waals surface area contributed by atoms with Crippen molar-refractivity contribution in [3.05, 3.63) is 82.2 Å². The van der Waals surface area contributed by atoms with E-state index in [1.54, 1.807) is 0 Å². The largest absolute Gasteiger partial charge is 0.422 e. The van der Waals surface area contributed by atoms with Crippen molar-refractivity contribution in [1.29, 1.82) is 0 Å². The Morgan fingerprint density at radius 3 is 1.92 bits per heavy atom. The summed E-state index contributed by atoms with van der Waals surface area (Å²) in [6, 6.07) is 20.3. The van der Waals surface area contributed by atoms with Gasteiger partial charge in [0.1, 0.15) is 5.76 Å². The third kappa shape index (κ3) is 2.69. The zero-order valence-corrected chi connectivity index (χ0v) is 13.6. The number of hydrogen-bond donors (Lipinski definition) is 0. The molecule has 0 fully saturated rings. The van der Waals surface area contributed by atoms with Gasteiger partial charge in [0.15, 0.2) is 0 Å². The predicted octanol–water partition coefficient (Wildman–Crippen LogP) is 5.24. The molecule has 120 valence electrons. The maximum absolute atomic E-state index is 12.6. The fraction of sp³-hybridized carbons (Fsp3) is 0.227. The van der Waals surface area contributed by atoms with Gasteiger partial charge in [-0.25, -0.2) is 4.79 Å². The van der Waals surface area contributed by atoms with Crippen molar-refractivity contribution in [1.82, 2.24) is 0 Å². The van der Waals surface area contributed by atoms with E-state index in [0.717, 1.165) is 47.9 Å². The smallest absolute Gasteiger partial charge is 0.339 e. The van der Waals surface area contributed by atoms with Crippen molar-refractivity contribution >= 4 is 0 Å². The lowest BCUT2D eigenvalue weighted by atomic mass is 9.91. The summed E-state index contributed by atoms with van der Waals surface area (Å²) in [5, 5.41) is 0. The minimum Gasteiger partial charge on any atom is -0.422 e. The lowest BCUT2D eigenvalue weighted by molar-refractivity contribution is 0.515. The molecule has 1 aliphatic carbocycles. The average molecular weight is 316 g/mol. The van der Waals surface area contributed by atoms with Gasteiger partial charge in [0, 0.05) is 16.7 Å². The van der Waals surface area contributed by atoms with Crippen LogP contribution >= 0.6 is 0 Å². The van der Waals surface area contributed by atoms with Gasteiger partial charge in [0.25, 0.3) is 0 Å². The molecule has 0 amide bonds. The van der Waals surface area contributed by atoms with Gasteiger partial charge in [-0.1, -0.05) is 67.1 Å². The van der Waals surface area contributed by atoms with E-state index < -0.39 is 0 Å². The SMILES string of the molecule is O=c1oc(-c2ccccc2)c(-c2ccccc2)c2c1CCCCC2. The molecule has 1 heterocycles. The summed E-state index contributed by atoms with van der Waals surface area (Å²) >= 11 is 0. The fourth-order valence-corrected chi connectivity index (χ4v) is 3.63. The minimum absolute atomic E-state index is 0.162. The molecular formula is C22H20O2. The van der Waals surface area contributed by atoms with Gasteiger partial charge in [-0.2, -0.15) is 0 Å². The summed E-state index contributed by atoms with van der Waals surface area (Å²) in [5.74, 6) is 0.701. The Hall–Kier alpha value is -2.61. The molecule has 0 unspecified atom stereocenters. The van der Waals surface area contributed by atoms with Gasteiger partial charge in [0.05, 0.1) is 0 Å². The molecule has 0 N–H and O–H groups in total. The molecule has 0 spiro atoms. The maximum atomic E-state index is 12.6. The van der Waals surface area contributed by atoms with Crippen LogP contribution in [-0.2, 0) is 12.8 Å². The third-order valence-electron chi connectivity index (χ3n) is 4.79. The van der Waals surface area contributed by atoms with E-state index in [2.05, 4.69) is 12.1 Å². The highest BCUT2D eigenvalue weighted by molar-refractivity contribution is 5.82. The first-order chi connectivity index (χ1) is 11.8. The van der Waals surface area contributed by atoms with Crippen LogP contribution in [0.15, 0.2) is 69.9 Å². The van der Waals surface area contributed by atoms with Gasteiger partial charge in [-0.3, -0.25) is 0 Å². The Bertz CT molecular complexity index is 893. The van der Waals surface area contributed by atoms with Gasteiger partial charge in [0.2, 0.25) is 0 Å². The standard InChI is InChI=1S/C22H20O2/c23-22-19-15-9-3-8-14-18(19)20(16-10-4-1-5-11-16)21(24-22)17-12-6-2-7-13-17/h1-2,4-7,10-13H,3,8-9,14-15H2. The van der Waals surface area contributed by atoms with Gasteiger partial charge in [-0.05, 0) is 36.8 Å². The second-order valence-corrected chi connectivity index (χ2v) is 6.34. The Morgan fingerprint density at radius 2 is 1.25 bits per heavy atom. The van der Waals surface area contributed by atoms with Crippen molar-refractivity contribution in [3.8, 4) is 22.5 Å². The van der Waals surface area contributed by atoms with Gasteiger partial charge >= 0.3 is 5.63 Å². The van der Waals surface area contributed by atoms with E-state index in [-0.39, 0.29) is 5.63 Å². The van der Waals surface area contributed by atoms with Crippen molar-refractivity contribution in [2.45, 2.75) is 32.1 Å². The summed E-state index contributed by atoms with van der Waals surface area (Å²) in [7, 11) is 0. The van der Waals surface area contributed by atoms with Crippen molar-refractivity contribution in [3.63, 3.8) is 0 Å². The molecule has 1 aliphatic rings. The summed E-state index contributed by atoms with van der Waals surface area (Å²) in [6.07, 6.45) is 5.14. The Labute approximate surface area is 141 Å². The highest BCUT2D eigenvalue weighted by Crippen LogP contribution is 2.37. The van der Waals surface area contributed by atoms with E-state index >= 15 is 0 Å². The fourth-order valence-electron chi connectivity index (χ4n) is 3.63. The molecule has 0 aliphatic heterocycles. The van der Waals surface area contributed by atoms with Gasteiger partial charge < -0.3 is 4.42 Å². The summed E-state index contributed by atoms with van der Waals surface area (Å²) in [6.45, 7) is 0. The molecule has 2 aromatic carbocycles. The predicted molar refractivity (Wildman–Crippen MR) is 97.1 cm³/mol. The molecule has 3 aromatic rings. The van der Waals surface area contributed by atoms with E-state index in [4.69, 9.17) is 4.42 Å². The highest BCUT2D eigenvalue weighted by Gasteiger charge is 2.22. The van der Waals surface area contributed by atoms with Crippen molar-refractivity contribution in [2.75, 3.05) is 0 Å². The quantitative estimate of drug-likeness (QED) is 0.605.